The topological polar surface area (TPSA) is 159 Å². The largest absolute Gasteiger partial charge is 1.00 e. The Morgan fingerprint density at radius 1 is 1.18 bits per heavy atom. The Morgan fingerprint density at radius 3 is 2.05 bits per heavy atom. The van der Waals surface area contributed by atoms with Crippen LogP contribution in [0.15, 0.2) is 0 Å². The van der Waals surface area contributed by atoms with Crippen molar-refractivity contribution >= 4 is 25.2 Å². The molecule has 0 saturated heterocycles. The minimum absolute atomic E-state index is 0. The van der Waals surface area contributed by atoms with Crippen molar-refractivity contribution in [1.29, 1.82) is 0 Å². The molecule has 0 rings (SSSR count). The second-order valence-corrected chi connectivity index (χ2v) is 7.52. The van der Waals surface area contributed by atoms with Gasteiger partial charge in [0.2, 0.25) is 11.8 Å². The molecule has 4 atom stereocenters. The van der Waals surface area contributed by atoms with Crippen molar-refractivity contribution in [3.63, 3.8) is 0 Å². The van der Waals surface area contributed by atoms with Gasteiger partial charge < -0.3 is 27.8 Å². The molecule has 0 aromatic carbocycles. The molecule has 22 heavy (non-hydrogen) atoms. The third-order valence-electron chi connectivity index (χ3n) is 2.67. The molecule has 0 aromatic heterocycles. The van der Waals surface area contributed by atoms with Crippen molar-refractivity contribution < 1.29 is 59.9 Å². The summed E-state index contributed by atoms with van der Waals surface area (Å²) in [6.45, 7) is 3.84. The van der Waals surface area contributed by atoms with E-state index in [-0.39, 0.29) is 43.6 Å². The minimum Gasteiger partial charge on any atom is -1.00 e. The van der Waals surface area contributed by atoms with Gasteiger partial charge in [-0.2, -0.15) is 0 Å². The standard InChI is InChI=1S/C11H22N3O6P.Na.H/c1-6(9(15)14-7(2)11(17)18)13-10(16)8(12)4-5-21(3,19)20;;/h6-8H,4-5,12H2,1-3H3,(H,13,16)(H,14,15)(H,17,18)(H,19,20);;/q;+1;-1/t6-,7-,8?;;/m0../s1. The number of carboxylic acids is 1. The number of hydrogen-bond acceptors (Lipinski definition) is 5. The van der Waals surface area contributed by atoms with E-state index in [9.17, 15) is 18.9 Å². The number of rotatable bonds is 8. The van der Waals surface area contributed by atoms with Crippen LogP contribution in [0, 0.1) is 0 Å². The van der Waals surface area contributed by atoms with Gasteiger partial charge in [-0.3, -0.25) is 18.9 Å². The van der Waals surface area contributed by atoms with E-state index < -0.39 is 43.3 Å². The van der Waals surface area contributed by atoms with Gasteiger partial charge in [-0.05, 0) is 20.3 Å². The van der Waals surface area contributed by atoms with E-state index in [0.29, 0.717) is 0 Å². The fourth-order valence-electron chi connectivity index (χ4n) is 1.30. The molecule has 9 nitrogen and oxygen atoms in total. The molecule has 0 aliphatic carbocycles. The molecule has 2 amide bonds. The summed E-state index contributed by atoms with van der Waals surface area (Å²) in [5.41, 5.74) is 5.55. The molecule has 2 unspecified atom stereocenters. The van der Waals surface area contributed by atoms with Gasteiger partial charge in [0, 0.05) is 12.8 Å². The van der Waals surface area contributed by atoms with Crippen LogP contribution < -0.4 is 45.9 Å². The summed E-state index contributed by atoms with van der Waals surface area (Å²) in [7, 11) is -3.25. The first-order valence-corrected chi connectivity index (χ1v) is 8.61. The fraction of sp³-hybridized carbons (Fsp3) is 0.727. The van der Waals surface area contributed by atoms with E-state index in [4.69, 9.17) is 15.7 Å². The van der Waals surface area contributed by atoms with E-state index in [0.717, 1.165) is 0 Å². The van der Waals surface area contributed by atoms with Crippen molar-refractivity contribution in [1.82, 2.24) is 10.6 Å². The Morgan fingerprint density at radius 2 is 1.64 bits per heavy atom. The average molecular weight is 347 g/mol. The van der Waals surface area contributed by atoms with Crippen LogP contribution in [0.2, 0.25) is 0 Å². The molecule has 0 radical (unpaired) electrons. The van der Waals surface area contributed by atoms with Gasteiger partial charge in [-0.1, -0.05) is 0 Å². The Kier molecular flexibility index (Phi) is 11.2. The SMILES string of the molecule is C[C@H](NC(=O)[C@H](C)NC(=O)C(N)CCP(C)(=O)O)C(=O)O.[H-].[Na+]. The zero-order valence-corrected chi connectivity index (χ0v) is 16.1. The number of hydrogen-bond donors (Lipinski definition) is 5. The van der Waals surface area contributed by atoms with Gasteiger partial charge in [-0.25, -0.2) is 0 Å². The van der Waals surface area contributed by atoms with Crippen LogP contribution in [0.4, 0.5) is 0 Å². The minimum atomic E-state index is -3.25. The summed E-state index contributed by atoms with van der Waals surface area (Å²) in [6.07, 6.45) is -0.0891. The van der Waals surface area contributed by atoms with Crippen molar-refractivity contribution in [3.05, 3.63) is 0 Å². The molecule has 0 heterocycles. The summed E-state index contributed by atoms with van der Waals surface area (Å²) < 4.78 is 11.1. The van der Waals surface area contributed by atoms with Gasteiger partial charge in [0.1, 0.15) is 12.1 Å². The van der Waals surface area contributed by atoms with Crippen LogP contribution in [-0.4, -0.2) is 58.7 Å². The molecule has 124 valence electrons. The summed E-state index contributed by atoms with van der Waals surface area (Å²) in [5, 5.41) is 13.2. The molecule has 0 fully saturated rings. The predicted octanol–water partition coefficient (Wildman–Crippen LogP) is -4.19. The quantitative estimate of drug-likeness (QED) is 0.220. The van der Waals surface area contributed by atoms with Gasteiger partial charge in [-0.15, -0.1) is 0 Å². The average Bonchev–Trinajstić information content (AvgIpc) is 2.34. The zero-order chi connectivity index (χ0) is 16.8. The van der Waals surface area contributed by atoms with E-state index in [1.54, 1.807) is 0 Å². The first kappa shape index (κ1) is 23.8. The number of nitrogens with two attached hydrogens (primary N) is 1. The van der Waals surface area contributed by atoms with E-state index in [2.05, 4.69) is 10.6 Å². The second-order valence-electron chi connectivity index (χ2n) is 4.97. The van der Waals surface area contributed by atoms with Gasteiger partial charge >= 0.3 is 35.5 Å². The maximum absolute atomic E-state index is 11.7. The number of amides is 2. The Hall–Kier alpha value is -0.440. The first-order valence-electron chi connectivity index (χ1n) is 6.32. The van der Waals surface area contributed by atoms with Crippen molar-refractivity contribution in [2.75, 3.05) is 12.8 Å². The van der Waals surface area contributed by atoms with Crippen LogP contribution >= 0.6 is 7.37 Å². The van der Waals surface area contributed by atoms with E-state index in [1.165, 1.54) is 20.5 Å². The van der Waals surface area contributed by atoms with Crippen LogP contribution in [0.25, 0.3) is 0 Å². The third kappa shape index (κ3) is 10.3. The van der Waals surface area contributed by atoms with E-state index in [1.807, 2.05) is 0 Å². The molecule has 0 aliphatic rings. The number of carboxylic acid groups (broad SMARTS) is 1. The Balaban J connectivity index is -0.00000200. The normalized spacial score (nSPS) is 17.1. The Labute approximate surface area is 152 Å². The predicted molar refractivity (Wildman–Crippen MR) is 77.2 cm³/mol. The smallest absolute Gasteiger partial charge is 1.00 e. The van der Waals surface area contributed by atoms with Crippen LogP contribution in [0.1, 0.15) is 21.7 Å². The molecule has 0 saturated carbocycles. The third-order valence-corrected chi connectivity index (χ3v) is 3.76. The van der Waals surface area contributed by atoms with E-state index >= 15 is 0 Å². The van der Waals surface area contributed by atoms with Crippen molar-refractivity contribution in [2.45, 2.75) is 38.4 Å². The first-order chi connectivity index (χ1) is 9.44. The van der Waals surface area contributed by atoms with Crippen LogP contribution in [0.3, 0.4) is 0 Å². The molecule has 11 heteroatoms. The summed E-state index contributed by atoms with van der Waals surface area (Å²) in [4.78, 5) is 43.0. The number of nitrogens with one attached hydrogen (secondary N) is 2. The fourth-order valence-corrected chi connectivity index (χ4v) is 2.05. The van der Waals surface area contributed by atoms with Crippen LogP contribution in [0.5, 0.6) is 0 Å². The van der Waals surface area contributed by atoms with Gasteiger partial charge in [0.15, 0.2) is 7.37 Å². The number of carbonyl (C=O) groups excluding carboxylic acids is 2. The molecule has 0 bridgehead atoms. The molecular weight excluding hydrogens is 324 g/mol. The molecule has 0 spiro atoms. The van der Waals surface area contributed by atoms with Gasteiger partial charge in [0.05, 0.1) is 6.04 Å². The number of aliphatic carboxylic acids is 1. The molecule has 0 aliphatic heterocycles. The maximum Gasteiger partial charge on any atom is 1.00 e. The zero-order valence-electron chi connectivity index (χ0n) is 14.2. The monoisotopic (exact) mass is 347 g/mol. The van der Waals surface area contributed by atoms with Crippen molar-refractivity contribution in [3.8, 4) is 0 Å². The maximum atomic E-state index is 11.7. The Bertz CT molecular complexity index is 461. The molecule has 0 aromatic rings. The summed E-state index contributed by atoms with van der Waals surface area (Å²) in [6, 6.07) is -3.06. The van der Waals surface area contributed by atoms with Crippen molar-refractivity contribution in [2.24, 2.45) is 5.73 Å². The number of carbonyl (C=O) groups is 3. The molecular formula is C11H23N3NaO6P. The van der Waals surface area contributed by atoms with Crippen LogP contribution in [-0.2, 0) is 18.9 Å². The molecule has 6 N–H and O–H groups in total. The summed E-state index contributed by atoms with van der Waals surface area (Å²) >= 11 is 0. The second kappa shape index (κ2) is 10.4. The summed E-state index contributed by atoms with van der Waals surface area (Å²) in [5.74, 6) is -2.50. The van der Waals surface area contributed by atoms with Gasteiger partial charge in [0.25, 0.3) is 0 Å².